The van der Waals surface area contributed by atoms with Crippen LogP contribution in [0.5, 0.6) is 0 Å². The van der Waals surface area contributed by atoms with Gasteiger partial charge < -0.3 is 15.2 Å². The minimum atomic E-state index is 0.243. The van der Waals surface area contributed by atoms with Crippen molar-refractivity contribution >= 4 is 11.8 Å². The van der Waals surface area contributed by atoms with Crippen LogP contribution in [0.15, 0.2) is 0 Å². The van der Waals surface area contributed by atoms with Gasteiger partial charge in [0.25, 0.3) is 0 Å². The predicted molar refractivity (Wildman–Crippen MR) is 70.1 cm³/mol. The summed E-state index contributed by atoms with van der Waals surface area (Å²) in [7, 11) is 0. The lowest BCUT2D eigenvalue weighted by molar-refractivity contribution is 0.1000. The van der Waals surface area contributed by atoms with Gasteiger partial charge in [-0.3, -0.25) is 0 Å². The van der Waals surface area contributed by atoms with E-state index in [-0.39, 0.29) is 12.6 Å². The molecular formula is C12H25NO2S. The molecule has 3 nitrogen and oxygen atoms in total. The molecular weight excluding hydrogens is 222 g/mol. The summed E-state index contributed by atoms with van der Waals surface area (Å²) in [5.74, 6) is 1.13. The van der Waals surface area contributed by atoms with Crippen molar-refractivity contribution in [1.82, 2.24) is 5.32 Å². The van der Waals surface area contributed by atoms with E-state index in [1.165, 1.54) is 12.8 Å². The number of hydrogen-bond donors (Lipinski definition) is 2. The van der Waals surface area contributed by atoms with Gasteiger partial charge in [0.1, 0.15) is 0 Å². The van der Waals surface area contributed by atoms with Crippen LogP contribution < -0.4 is 5.32 Å². The second-order valence-corrected chi connectivity index (χ2v) is 6.08. The van der Waals surface area contributed by atoms with Crippen LogP contribution in [0.2, 0.25) is 0 Å². The molecule has 96 valence electrons. The number of hydrogen-bond acceptors (Lipinski definition) is 4. The lowest BCUT2D eigenvalue weighted by atomic mass is 10.2. The maximum atomic E-state index is 9.22. The van der Waals surface area contributed by atoms with Crippen molar-refractivity contribution in [3.63, 3.8) is 0 Å². The summed E-state index contributed by atoms with van der Waals surface area (Å²) in [5, 5.41) is 13.4. The molecule has 1 saturated heterocycles. The Morgan fingerprint density at radius 3 is 2.62 bits per heavy atom. The van der Waals surface area contributed by atoms with Gasteiger partial charge in [0, 0.05) is 30.5 Å². The monoisotopic (exact) mass is 247 g/mol. The summed E-state index contributed by atoms with van der Waals surface area (Å²) in [5.41, 5.74) is 0. The smallest absolute Gasteiger partial charge is 0.0585 e. The Kier molecular flexibility index (Phi) is 7.45. The third-order valence-corrected chi connectivity index (χ3v) is 4.19. The van der Waals surface area contributed by atoms with E-state index in [0.717, 1.165) is 30.6 Å². The topological polar surface area (TPSA) is 41.5 Å². The van der Waals surface area contributed by atoms with Crippen molar-refractivity contribution in [3.8, 4) is 0 Å². The Labute approximate surface area is 103 Å². The largest absolute Gasteiger partial charge is 0.395 e. The SMILES string of the molecule is CC(C)NC(CO)CCSC1CCOCC1. The molecule has 1 fully saturated rings. The molecule has 0 aromatic carbocycles. The van der Waals surface area contributed by atoms with Crippen molar-refractivity contribution in [2.45, 2.75) is 50.4 Å². The van der Waals surface area contributed by atoms with Crippen molar-refractivity contribution in [3.05, 3.63) is 0 Å². The Morgan fingerprint density at radius 2 is 2.06 bits per heavy atom. The van der Waals surface area contributed by atoms with E-state index in [2.05, 4.69) is 19.2 Å². The highest BCUT2D eigenvalue weighted by molar-refractivity contribution is 7.99. The summed E-state index contributed by atoms with van der Waals surface area (Å²) in [6.45, 7) is 6.33. The van der Waals surface area contributed by atoms with Crippen LogP contribution in [0.3, 0.4) is 0 Å². The zero-order valence-corrected chi connectivity index (χ0v) is 11.3. The maximum absolute atomic E-state index is 9.22. The van der Waals surface area contributed by atoms with Crippen LogP contribution in [-0.4, -0.2) is 48.0 Å². The summed E-state index contributed by atoms with van der Waals surface area (Å²) in [4.78, 5) is 0. The van der Waals surface area contributed by atoms with Crippen LogP contribution >= 0.6 is 11.8 Å². The fraction of sp³-hybridized carbons (Fsp3) is 1.00. The van der Waals surface area contributed by atoms with E-state index in [9.17, 15) is 5.11 Å². The highest BCUT2D eigenvalue weighted by Gasteiger charge is 2.15. The molecule has 4 heteroatoms. The molecule has 0 aromatic heterocycles. The fourth-order valence-electron chi connectivity index (χ4n) is 1.92. The first-order valence-corrected chi connectivity index (χ1v) is 7.33. The average Bonchev–Trinajstić information content (AvgIpc) is 2.28. The van der Waals surface area contributed by atoms with Crippen molar-refractivity contribution in [1.29, 1.82) is 0 Å². The molecule has 0 aliphatic carbocycles. The molecule has 0 amide bonds. The van der Waals surface area contributed by atoms with Gasteiger partial charge in [-0.05, 0) is 25.0 Å². The standard InChI is InChI=1S/C12H25NO2S/c1-10(2)13-11(9-14)5-8-16-12-3-6-15-7-4-12/h10-14H,3-9H2,1-2H3. The molecule has 0 aromatic rings. The Morgan fingerprint density at radius 1 is 1.38 bits per heavy atom. The lowest BCUT2D eigenvalue weighted by Gasteiger charge is -2.23. The fourth-order valence-corrected chi connectivity index (χ4v) is 3.20. The van der Waals surface area contributed by atoms with Crippen molar-refractivity contribution < 1.29 is 9.84 Å². The van der Waals surface area contributed by atoms with Crippen molar-refractivity contribution in [2.75, 3.05) is 25.6 Å². The number of thioether (sulfide) groups is 1. The minimum absolute atomic E-state index is 0.243. The average molecular weight is 247 g/mol. The van der Waals surface area contributed by atoms with Gasteiger partial charge in [-0.2, -0.15) is 11.8 Å². The molecule has 0 bridgehead atoms. The molecule has 0 saturated carbocycles. The quantitative estimate of drug-likeness (QED) is 0.718. The number of aliphatic hydroxyl groups is 1. The van der Waals surface area contributed by atoms with Gasteiger partial charge in [0.2, 0.25) is 0 Å². The first kappa shape index (κ1) is 14.3. The third-order valence-electron chi connectivity index (χ3n) is 2.78. The van der Waals surface area contributed by atoms with Gasteiger partial charge in [-0.1, -0.05) is 13.8 Å². The molecule has 1 aliphatic rings. The normalized spacial score (nSPS) is 20.2. The zero-order valence-electron chi connectivity index (χ0n) is 10.4. The summed E-state index contributed by atoms with van der Waals surface area (Å²) >= 11 is 2.04. The number of ether oxygens (including phenoxy) is 1. The van der Waals surface area contributed by atoms with E-state index in [1.54, 1.807) is 0 Å². The third kappa shape index (κ3) is 6.09. The van der Waals surface area contributed by atoms with Crippen LogP contribution in [0.1, 0.15) is 33.1 Å². The number of rotatable bonds is 7. The Hall–Kier alpha value is 0.230. The molecule has 1 aliphatic heterocycles. The van der Waals surface area contributed by atoms with E-state index < -0.39 is 0 Å². The highest BCUT2D eigenvalue weighted by atomic mass is 32.2. The lowest BCUT2D eigenvalue weighted by Crippen LogP contribution is -2.38. The second kappa shape index (κ2) is 8.34. The molecule has 1 heterocycles. The Bertz CT molecular complexity index is 172. The first-order valence-electron chi connectivity index (χ1n) is 6.28. The van der Waals surface area contributed by atoms with Gasteiger partial charge in [-0.15, -0.1) is 0 Å². The maximum Gasteiger partial charge on any atom is 0.0585 e. The highest BCUT2D eigenvalue weighted by Crippen LogP contribution is 2.22. The van der Waals surface area contributed by atoms with Gasteiger partial charge >= 0.3 is 0 Å². The predicted octanol–water partition coefficient (Wildman–Crippen LogP) is 1.65. The molecule has 0 spiro atoms. The van der Waals surface area contributed by atoms with E-state index >= 15 is 0 Å². The molecule has 0 radical (unpaired) electrons. The second-order valence-electron chi connectivity index (χ2n) is 4.67. The number of aliphatic hydroxyl groups excluding tert-OH is 1. The van der Waals surface area contributed by atoms with E-state index in [0.29, 0.717) is 6.04 Å². The zero-order chi connectivity index (χ0) is 11.8. The van der Waals surface area contributed by atoms with Gasteiger partial charge in [0.05, 0.1) is 6.61 Å². The van der Waals surface area contributed by atoms with Crippen LogP contribution in [0.25, 0.3) is 0 Å². The van der Waals surface area contributed by atoms with Gasteiger partial charge in [0.15, 0.2) is 0 Å². The summed E-state index contributed by atoms with van der Waals surface area (Å²) < 4.78 is 5.34. The van der Waals surface area contributed by atoms with Crippen LogP contribution in [0, 0.1) is 0 Å². The van der Waals surface area contributed by atoms with Crippen molar-refractivity contribution in [2.24, 2.45) is 0 Å². The minimum Gasteiger partial charge on any atom is -0.395 e. The summed E-state index contributed by atoms with van der Waals surface area (Å²) in [6, 6.07) is 0.706. The molecule has 1 unspecified atom stereocenters. The molecule has 1 rings (SSSR count). The van der Waals surface area contributed by atoms with E-state index in [1.807, 2.05) is 11.8 Å². The first-order chi connectivity index (χ1) is 7.72. The molecule has 1 atom stereocenters. The van der Waals surface area contributed by atoms with Crippen LogP contribution in [-0.2, 0) is 4.74 Å². The Balaban J connectivity index is 2.07. The summed E-state index contributed by atoms with van der Waals surface area (Å²) in [6.07, 6.45) is 3.43. The molecule has 2 N–H and O–H groups in total. The molecule has 16 heavy (non-hydrogen) atoms. The number of nitrogens with one attached hydrogen (secondary N) is 1. The van der Waals surface area contributed by atoms with Crippen LogP contribution in [0.4, 0.5) is 0 Å². The van der Waals surface area contributed by atoms with E-state index in [4.69, 9.17) is 4.74 Å². The van der Waals surface area contributed by atoms with Gasteiger partial charge in [-0.25, -0.2) is 0 Å².